The van der Waals surface area contributed by atoms with Gasteiger partial charge in [-0.25, -0.2) is 0 Å². The van der Waals surface area contributed by atoms with Crippen LogP contribution in [0.15, 0.2) is 23.3 Å². The third kappa shape index (κ3) is 4.33. The molecule has 2 rings (SSSR count). The maximum atomic E-state index is 10.7. The van der Waals surface area contributed by atoms with Crippen molar-refractivity contribution in [2.75, 3.05) is 0 Å². The van der Waals surface area contributed by atoms with Crippen LogP contribution < -0.4 is 0 Å². The quantitative estimate of drug-likeness (QED) is 0.473. The molecule has 0 spiro atoms. The van der Waals surface area contributed by atoms with Gasteiger partial charge in [0.2, 0.25) is 0 Å². The fraction of sp³-hybridized carbons (Fsp3) is 0.722. The second-order valence-corrected chi connectivity index (χ2v) is 6.31. The fourth-order valence-corrected chi connectivity index (χ4v) is 3.61. The van der Waals surface area contributed by atoms with Gasteiger partial charge in [-0.15, -0.1) is 0 Å². The van der Waals surface area contributed by atoms with Crippen molar-refractivity contribution < 1.29 is 4.79 Å². The molecule has 0 atom stereocenters. The zero-order valence-corrected chi connectivity index (χ0v) is 12.4. The van der Waals surface area contributed by atoms with Gasteiger partial charge in [-0.05, 0) is 55.9 Å². The molecule has 19 heavy (non-hydrogen) atoms. The Hall–Kier alpha value is -0.850. The summed E-state index contributed by atoms with van der Waals surface area (Å²) in [6, 6.07) is 0. The highest BCUT2D eigenvalue weighted by Crippen LogP contribution is 2.38. The van der Waals surface area contributed by atoms with Crippen LogP contribution in [0.4, 0.5) is 0 Å². The van der Waals surface area contributed by atoms with E-state index in [0.717, 1.165) is 36.5 Å². The van der Waals surface area contributed by atoms with Crippen molar-refractivity contribution in [2.45, 2.75) is 71.1 Å². The van der Waals surface area contributed by atoms with Gasteiger partial charge in [-0.2, -0.15) is 0 Å². The Kier molecular flexibility index (Phi) is 5.88. The highest BCUT2D eigenvalue weighted by atomic mass is 16.1. The molecule has 1 heteroatoms. The second-order valence-electron chi connectivity index (χ2n) is 6.31. The molecule has 1 saturated carbocycles. The van der Waals surface area contributed by atoms with E-state index >= 15 is 0 Å². The number of carbonyl (C=O) groups is 1. The molecule has 0 heterocycles. The minimum atomic E-state index is 0.812. The van der Waals surface area contributed by atoms with Gasteiger partial charge in [-0.1, -0.05) is 50.3 Å². The largest absolute Gasteiger partial charge is 0.298 e. The van der Waals surface area contributed by atoms with E-state index < -0.39 is 0 Å². The number of aldehydes is 1. The van der Waals surface area contributed by atoms with Crippen LogP contribution in [0.3, 0.4) is 0 Å². The number of hydrogen-bond acceptors (Lipinski definition) is 1. The first-order valence-corrected chi connectivity index (χ1v) is 8.18. The van der Waals surface area contributed by atoms with Crippen LogP contribution >= 0.6 is 0 Å². The summed E-state index contributed by atoms with van der Waals surface area (Å²) in [6.45, 7) is 2.29. The van der Waals surface area contributed by atoms with Crippen molar-refractivity contribution in [1.29, 1.82) is 0 Å². The van der Waals surface area contributed by atoms with Crippen molar-refractivity contribution in [3.05, 3.63) is 23.3 Å². The molecular weight excluding hydrogens is 232 g/mol. The van der Waals surface area contributed by atoms with Crippen LogP contribution in [0, 0.1) is 11.8 Å². The summed E-state index contributed by atoms with van der Waals surface area (Å²) in [5, 5.41) is 0. The van der Waals surface area contributed by atoms with Gasteiger partial charge in [0.1, 0.15) is 6.29 Å². The number of hydrogen-bond donors (Lipinski definition) is 0. The highest BCUT2D eigenvalue weighted by molar-refractivity contribution is 5.74. The molecule has 0 aromatic rings. The van der Waals surface area contributed by atoms with Crippen molar-refractivity contribution in [3.8, 4) is 0 Å². The molecule has 1 nitrogen and oxygen atoms in total. The summed E-state index contributed by atoms with van der Waals surface area (Å²) in [5.41, 5.74) is 2.58. The maximum Gasteiger partial charge on any atom is 0.146 e. The molecule has 2 aliphatic carbocycles. The normalized spacial score (nSPS) is 27.6. The third-order valence-electron chi connectivity index (χ3n) is 4.95. The summed E-state index contributed by atoms with van der Waals surface area (Å²) in [6.07, 6.45) is 18.6. The fourth-order valence-electron chi connectivity index (χ4n) is 3.61. The molecule has 106 valence electrons. The Bertz CT molecular complexity index is 343. The molecule has 0 unspecified atom stereocenters. The van der Waals surface area contributed by atoms with Crippen molar-refractivity contribution in [1.82, 2.24) is 0 Å². The van der Waals surface area contributed by atoms with Gasteiger partial charge >= 0.3 is 0 Å². The van der Waals surface area contributed by atoms with Crippen molar-refractivity contribution >= 4 is 6.29 Å². The lowest BCUT2D eigenvalue weighted by Crippen LogP contribution is -2.17. The number of rotatable bonds is 6. The topological polar surface area (TPSA) is 17.1 Å². The first-order valence-electron chi connectivity index (χ1n) is 8.18. The third-order valence-corrected chi connectivity index (χ3v) is 4.95. The Balaban J connectivity index is 1.76. The second kappa shape index (κ2) is 7.67. The minimum Gasteiger partial charge on any atom is -0.298 e. The predicted molar refractivity (Wildman–Crippen MR) is 81.1 cm³/mol. The van der Waals surface area contributed by atoms with Gasteiger partial charge in [-0.3, -0.25) is 4.79 Å². The Labute approximate surface area is 118 Å². The average Bonchev–Trinajstić information content (AvgIpc) is 2.48. The molecule has 0 saturated heterocycles. The van der Waals surface area contributed by atoms with Gasteiger partial charge in [0, 0.05) is 0 Å². The van der Waals surface area contributed by atoms with Crippen LogP contribution in [-0.2, 0) is 4.79 Å². The molecule has 0 aromatic carbocycles. The molecule has 1 fully saturated rings. The van der Waals surface area contributed by atoms with Crippen LogP contribution in [-0.4, -0.2) is 6.29 Å². The van der Waals surface area contributed by atoms with E-state index in [4.69, 9.17) is 0 Å². The number of unbranched alkanes of at least 4 members (excludes halogenated alkanes) is 2. The van der Waals surface area contributed by atoms with Gasteiger partial charge in [0.25, 0.3) is 0 Å². The standard InChI is InChI=1S/C18H28O/c1-2-3-4-5-15-6-10-17(11-7-15)18-12-8-16(14-19)9-13-18/h8,12,14-15,17H,2-7,9-11,13H2,1H3. The lowest BCUT2D eigenvalue weighted by atomic mass is 9.75. The van der Waals surface area contributed by atoms with Gasteiger partial charge < -0.3 is 0 Å². The lowest BCUT2D eigenvalue weighted by molar-refractivity contribution is -0.105. The predicted octanol–water partition coefficient (Wildman–Crippen LogP) is 5.22. The molecule has 2 aliphatic rings. The Morgan fingerprint density at radius 1 is 1.11 bits per heavy atom. The van der Waals surface area contributed by atoms with E-state index in [0.29, 0.717) is 0 Å². The van der Waals surface area contributed by atoms with E-state index in [1.807, 2.05) is 6.08 Å². The molecule has 0 bridgehead atoms. The molecule has 0 N–H and O–H groups in total. The van der Waals surface area contributed by atoms with Crippen LogP contribution in [0.1, 0.15) is 71.1 Å². The Morgan fingerprint density at radius 3 is 2.47 bits per heavy atom. The molecule has 0 aromatic heterocycles. The van der Waals surface area contributed by atoms with Crippen molar-refractivity contribution in [3.63, 3.8) is 0 Å². The van der Waals surface area contributed by atoms with Gasteiger partial charge in [0.15, 0.2) is 0 Å². The molecule has 0 amide bonds. The van der Waals surface area contributed by atoms with Gasteiger partial charge in [0.05, 0.1) is 0 Å². The van der Waals surface area contributed by atoms with Crippen molar-refractivity contribution in [2.24, 2.45) is 11.8 Å². The maximum absolute atomic E-state index is 10.7. The van der Waals surface area contributed by atoms with E-state index in [2.05, 4.69) is 13.0 Å². The summed E-state index contributed by atoms with van der Waals surface area (Å²) >= 11 is 0. The lowest BCUT2D eigenvalue weighted by Gasteiger charge is -2.31. The highest BCUT2D eigenvalue weighted by Gasteiger charge is 2.24. The zero-order valence-electron chi connectivity index (χ0n) is 12.4. The SMILES string of the molecule is CCCCCC1CCC(C2=CC=C(C=O)CC2)CC1. The Morgan fingerprint density at radius 2 is 1.89 bits per heavy atom. The summed E-state index contributed by atoms with van der Waals surface area (Å²) in [4.78, 5) is 10.7. The number of allylic oxidation sites excluding steroid dienone is 4. The minimum absolute atomic E-state index is 0.812. The van der Waals surface area contributed by atoms with E-state index in [9.17, 15) is 4.79 Å². The molecule has 0 radical (unpaired) electrons. The summed E-state index contributed by atoms with van der Waals surface area (Å²) in [5.74, 6) is 1.81. The summed E-state index contributed by atoms with van der Waals surface area (Å²) < 4.78 is 0. The zero-order chi connectivity index (χ0) is 13.5. The van der Waals surface area contributed by atoms with Crippen LogP contribution in [0.5, 0.6) is 0 Å². The smallest absolute Gasteiger partial charge is 0.146 e. The van der Waals surface area contributed by atoms with Crippen LogP contribution in [0.25, 0.3) is 0 Å². The number of carbonyl (C=O) groups excluding carboxylic acids is 1. The monoisotopic (exact) mass is 260 g/mol. The molecular formula is C18H28O. The molecule has 0 aliphatic heterocycles. The first-order chi connectivity index (χ1) is 9.33. The van der Waals surface area contributed by atoms with E-state index in [1.54, 1.807) is 5.57 Å². The first kappa shape index (κ1) is 14.6. The summed E-state index contributed by atoms with van der Waals surface area (Å²) in [7, 11) is 0. The van der Waals surface area contributed by atoms with E-state index in [-0.39, 0.29) is 0 Å². The van der Waals surface area contributed by atoms with Crippen LogP contribution in [0.2, 0.25) is 0 Å². The van der Waals surface area contributed by atoms with E-state index in [1.165, 1.54) is 51.4 Å². The average molecular weight is 260 g/mol.